The van der Waals surface area contributed by atoms with Crippen LogP contribution in [-0.2, 0) is 0 Å². The van der Waals surface area contributed by atoms with E-state index in [2.05, 4.69) is 15.6 Å². The fourth-order valence-electron chi connectivity index (χ4n) is 2.46. The van der Waals surface area contributed by atoms with E-state index in [1.54, 1.807) is 18.2 Å². The Hall–Kier alpha value is -2.87. The lowest BCUT2D eigenvalue weighted by Gasteiger charge is -2.17. The summed E-state index contributed by atoms with van der Waals surface area (Å²) in [6.07, 6.45) is 0. The van der Waals surface area contributed by atoms with Gasteiger partial charge in [-0.25, -0.2) is 4.98 Å². The van der Waals surface area contributed by atoms with Crippen LogP contribution in [0, 0.1) is 6.92 Å². The van der Waals surface area contributed by atoms with Gasteiger partial charge in [-0.15, -0.1) is 0 Å². The largest absolute Gasteiger partial charge is 0.490 e. The molecule has 0 bridgehead atoms. The van der Waals surface area contributed by atoms with Gasteiger partial charge in [0.1, 0.15) is 5.82 Å². The lowest BCUT2D eigenvalue weighted by Crippen LogP contribution is -2.34. The predicted molar refractivity (Wildman–Crippen MR) is 113 cm³/mol. The van der Waals surface area contributed by atoms with Crippen molar-refractivity contribution in [2.45, 2.75) is 27.7 Å². The summed E-state index contributed by atoms with van der Waals surface area (Å²) in [5, 5.41) is 5.69. The minimum atomic E-state index is -0.393. The summed E-state index contributed by atoms with van der Waals surface area (Å²) in [6, 6.07) is 8.71. The molecule has 1 aromatic heterocycles. The molecule has 0 fully saturated rings. The van der Waals surface area contributed by atoms with E-state index in [9.17, 15) is 4.79 Å². The van der Waals surface area contributed by atoms with E-state index in [1.807, 2.05) is 39.8 Å². The average Bonchev–Trinajstić information content (AvgIpc) is 2.64. The number of anilines is 1. The van der Waals surface area contributed by atoms with Gasteiger partial charge in [0.25, 0.3) is 5.91 Å². The maximum absolute atomic E-state index is 12.7. The Balaban J connectivity index is 2.22. The number of hydrogen-bond donors (Lipinski definition) is 2. The molecule has 2 N–H and O–H groups in total. The highest BCUT2D eigenvalue weighted by molar-refractivity contribution is 7.80. The van der Waals surface area contributed by atoms with E-state index in [0.717, 1.165) is 5.69 Å². The number of carbonyl (C=O) groups is 1. The highest BCUT2D eigenvalue weighted by atomic mass is 32.1. The third kappa shape index (κ3) is 5.82. The van der Waals surface area contributed by atoms with Crippen molar-refractivity contribution >= 4 is 29.1 Å². The lowest BCUT2D eigenvalue weighted by atomic mass is 10.1. The van der Waals surface area contributed by atoms with Crippen LogP contribution >= 0.6 is 12.2 Å². The summed E-state index contributed by atoms with van der Waals surface area (Å²) < 4.78 is 16.9. The number of rotatable bonds is 8. The van der Waals surface area contributed by atoms with Crippen LogP contribution in [0.5, 0.6) is 17.2 Å². The molecule has 7 nitrogen and oxygen atoms in total. The first-order valence-corrected chi connectivity index (χ1v) is 9.51. The zero-order valence-corrected chi connectivity index (χ0v) is 17.3. The lowest BCUT2D eigenvalue weighted by molar-refractivity contribution is 0.0976. The summed E-state index contributed by atoms with van der Waals surface area (Å²) >= 11 is 5.22. The van der Waals surface area contributed by atoms with Crippen molar-refractivity contribution in [2.24, 2.45) is 0 Å². The van der Waals surface area contributed by atoms with Gasteiger partial charge in [-0.2, -0.15) is 0 Å². The van der Waals surface area contributed by atoms with Gasteiger partial charge in [0, 0.05) is 11.3 Å². The molecule has 0 aliphatic rings. The van der Waals surface area contributed by atoms with Crippen molar-refractivity contribution < 1.29 is 19.0 Å². The number of pyridine rings is 1. The van der Waals surface area contributed by atoms with Crippen LogP contribution in [0.4, 0.5) is 5.82 Å². The van der Waals surface area contributed by atoms with Gasteiger partial charge in [0.2, 0.25) is 5.75 Å². The number of thiocarbonyl (C=S) groups is 1. The molecule has 150 valence electrons. The Kier molecular flexibility index (Phi) is 8.01. The summed E-state index contributed by atoms with van der Waals surface area (Å²) in [6.45, 7) is 8.76. The first-order chi connectivity index (χ1) is 13.5. The van der Waals surface area contributed by atoms with Crippen LogP contribution in [0.3, 0.4) is 0 Å². The molecule has 0 saturated carbocycles. The van der Waals surface area contributed by atoms with Gasteiger partial charge < -0.3 is 19.5 Å². The van der Waals surface area contributed by atoms with Crippen LogP contribution in [0.2, 0.25) is 0 Å². The fraction of sp³-hybridized carbons (Fsp3) is 0.350. The third-order valence-corrected chi connectivity index (χ3v) is 3.73. The van der Waals surface area contributed by atoms with Gasteiger partial charge in [0.15, 0.2) is 16.6 Å². The molecular formula is C20H25N3O4S. The van der Waals surface area contributed by atoms with Crippen LogP contribution < -0.4 is 24.8 Å². The van der Waals surface area contributed by atoms with E-state index in [0.29, 0.717) is 48.5 Å². The normalized spacial score (nSPS) is 10.1. The number of amides is 1. The molecule has 1 heterocycles. The molecular weight excluding hydrogens is 378 g/mol. The predicted octanol–water partition coefficient (Wildman–Crippen LogP) is 3.71. The SMILES string of the molecule is CCOc1cc(C(=O)NC(=S)Nc2cccc(C)n2)cc(OCC)c1OCC. The van der Waals surface area contributed by atoms with Crippen molar-refractivity contribution in [3.05, 3.63) is 41.6 Å². The Bertz CT molecular complexity index is 815. The minimum Gasteiger partial charge on any atom is -0.490 e. The molecule has 2 aromatic rings. The van der Waals surface area contributed by atoms with Gasteiger partial charge in [-0.05, 0) is 64.2 Å². The second-order valence-corrected chi connectivity index (χ2v) is 6.08. The molecule has 1 amide bonds. The van der Waals surface area contributed by atoms with E-state index in [4.69, 9.17) is 26.4 Å². The Morgan fingerprint density at radius 2 is 1.64 bits per heavy atom. The monoisotopic (exact) mass is 403 g/mol. The Morgan fingerprint density at radius 1 is 1.04 bits per heavy atom. The quantitative estimate of drug-likeness (QED) is 0.650. The first kappa shape index (κ1) is 21.4. The highest BCUT2D eigenvalue weighted by Crippen LogP contribution is 2.39. The first-order valence-electron chi connectivity index (χ1n) is 9.10. The molecule has 28 heavy (non-hydrogen) atoms. The van der Waals surface area contributed by atoms with E-state index >= 15 is 0 Å². The Labute approximate surface area is 170 Å². The number of aryl methyl sites for hydroxylation is 1. The van der Waals surface area contributed by atoms with Crippen molar-refractivity contribution in [3.8, 4) is 17.2 Å². The van der Waals surface area contributed by atoms with Gasteiger partial charge in [-0.1, -0.05) is 6.07 Å². The second kappa shape index (κ2) is 10.5. The number of nitrogens with one attached hydrogen (secondary N) is 2. The van der Waals surface area contributed by atoms with Gasteiger partial charge in [-0.3, -0.25) is 10.1 Å². The zero-order valence-electron chi connectivity index (χ0n) is 16.5. The van der Waals surface area contributed by atoms with E-state index in [-0.39, 0.29) is 5.11 Å². The maximum atomic E-state index is 12.7. The minimum absolute atomic E-state index is 0.146. The van der Waals surface area contributed by atoms with Crippen LogP contribution in [0.15, 0.2) is 30.3 Å². The molecule has 0 aliphatic carbocycles. The molecule has 0 radical (unpaired) electrons. The fourth-order valence-corrected chi connectivity index (χ4v) is 2.65. The number of hydrogen-bond acceptors (Lipinski definition) is 6. The number of carbonyl (C=O) groups excluding carboxylic acids is 1. The summed E-state index contributed by atoms with van der Waals surface area (Å²) in [5.74, 6) is 1.53. The van der Waals surface area contributed by atoms with Crippen molar-refractivity contribution in [1.29, 1.82) is 0 Å². The van der Waals surface area contributed by atoms with Crippen LogP contribution in [0.25, 0.3) is 0 Å². The summed E-state index contributed by atoms with van der Waals surface area (Å²) in [4.78, 5) is 17.0. The second-order valence-electron chi connectivity index (χ2n) is 5.67. The molecule has 0 unspecified atom stereocenters. The van der Waals surface area contributed by atoms with Gasteiger partial charge in [0.05, 0.1) is 19.8 Å². The van der Waals surface area contributed by atoms with Crippen molar-refractivity contribution in [1.82, 2.24) is 10.3 Å². The molecule has 2 rings (SSSR count). The molecule has 0 spiro atoms. The highest BCUT2D eigenvalue weighted by Gasteiger charge is 2.19. The van der Waals surface area contributed by atoms with Crippen LogP contribution in [0.1, 0.15) is 36.8 Å². The Morgan fingerprint density at radius 3 is 2.18 bits per heavy atom. The number of ether oxygens (including phenoxy) is 3. The van der Waals surface area contributed by atoms with Crippen LogP contribution in [-0.4, -0.2) is 35.8 Å². The molecule has 0 saturated heterocycles. The molecule has 1 aromatic carbocycles. The molecule has 0 aliphatic heterocycles. The average molecular weight is 404 g/mol. The topological polar surface area (TPSA) is 81.7 Å². The number of benzene rings is 1. The molecule has 0 atom stereocenters. The number of aromatic nitrogens is 1. The van der Waals surface area contributed by atoms with Crippen molar-refractivity contribution in [2.75, 3.05) is 25.1 Å². The smallest absolute Gasteiger partial charge is 0.257 e. The summed E-state index contributed by atoms with van der Waals surface area (Å²) in [5.41, 5.74) is 1.19. The van der Waals surface area contributed by atoms with E-state index < -0.39 is 5.91 Å². The molecule has 8 heteroatoms. The van der Waals surface area contributed by atoms with E-state index in [1.165, 1.54) is 0 Å². The third-order valence-electron chi connectivity index (χ3n) is 3.53. The standard InChI is InChI=1S/C20H25N3O4S/c1-5-25-15-11-14(12-16(26-6-2)18(15)27-7-3)19(24)23-20(28)22-17-10-8-9-13(4)21-17/h8-12H,5-7H2,1-4H3,(H2,21,22,23,24,28). The summed E-state index contributed by atoms with van der Waals surface area (Å²) in [7, 11) is 0. The maximum Gasteiger partial charge on any atom is 0.257 e. The zero-order chi connectivity index (χ0) is 20.5. The van der Waals surface area contributed by atoms with Crippen molar-refractivity contribution in [3.63, 3.8) is 0 Å². The number of nitrogens with zero attached hydrogens (tertiary/aromatic N) is 1. The van der Waals surface area contributed by atoms with Gasteiger partial charge >= 0.3 is 0 Å².